The van der Waals surface area contributed by atoms with Crippen LogP contribution in [0.5, 0.6) is 0 Å². The van der Waals surface area contributed by atoms with Gasteiger partial charge >= 0.3 is 0 Å². The van der Waals surface area contributed by atoms with Crippen LogP contribution in [-0.4, -0.2) is 55.7 Å². The van der Waals surface area contributed by atoms with E-state index in [4.69, 9.17) is 4.74 Å². The maximum atomic E-state index is 12.1. The Hall–Kier alpha value is -1.50. The number of hydrogen-bond acceptors (Lipinski definition) is 5. The van der Waals surface area contributed by atoms with Crippen LogP contribution in [0.1, 0.15) is 24.8 Å². The number of hydrogen-bond donors (Lipinski definition) is 1. The first-order valence-corrected chi connectivity index (χ1v) is 8.64. The van der Waals surface area contributed by atoms with E-state index >= 15 is 0 Å². The summed E-state index contributed by atoms with van der Waals surface area (Å²) in [6, 6.07) is 8.33. The number of benzene rings is 1. The zero-order chi connectivity index (χ0) is 16.8. The van der Waals surface area contributed by atoms with E-state index in [1.807, 2.05) is 37.1 Å². The highest BCUT2D eigenvalue weighted by molar-refractivity contribution is 7.18. The van der Waals surface area contributed by atoms with Gasteiger partial charge in [0.15, 0.2) is 0 Å². The van der Waals surface area contributed by atoms with Gasteiger partial charge in [0, 0.05) is 25.6 Å². The normalized spacial score (nSPS) is 14.1. The number of carbonyl (C=O) groups is 1. The topological polar surface area (TPSA) is 54.5 Å². The fourth-order valence-electron chi connectivity index (χ4n) is 2.26. The van der Waals surface area contributed by atoms with Crippen LogP contribution in [0.4, 0.5) is 0 Å². The van der Waals surface area contributed by atoms with E-state index < -0.39 is 0 Å². The zero-order valence-corrected chi connectivity index (χ0v) is 15.0. The van der Waals surface area contributed by atoms with Gasteiger partial charge in [-0.05, 0) is 26.1 Å². The maximum absolute atomic E-state index is 12.1. The minimum atomic E-state index is 0.0309. The molecule has 6 heteroatoms. The molecule has 1 aromatic heterocycles. The molecule has 1 N–H and O–H groups in total. The fourth-order valence-corrected chi connectivity index (χ4v) is 3.28. The maximum Gasteiger partial charge on any atom is 0.234 e. The van der Waals surface area contributed by atoms with Gasteiger partial charge in [-0.2, -0.15) is 0 Å². The van der Waals surface area contributed by atoms with E-state index in [0.29, 0.717) is 19.7 Å². The summed E-state index contributed by atoms with van der Waals surface area (Å²) in [5.74, 6) is 0.237. The molecular formula is C17H25N3O2S. The molecule has 0 unspecified atom stereocenters. The number of para-hydroxylation sites is 1. The lowest BCUT2D eigenvalue weighted by molar-refractivity contribution is -0.122. The standard InChI is InChI=1S/C17H25N3O2S/c1-12(17-19-14-7-5-6-8-15(14)23-17)9-18-16(21)10-20(3)13(2)11-22-4/h5-8,12-13H,9-11H2,1-4H3,(H,18,21)/t12-,13-/m1/s1. The highest BCUT2D eigenvalue weighted by Gasteiger charge is 2.15. The Bertz CT molecular complexity index is 611. The van der Waals surface area contributed by atoms with Crippen LogP contribution in [0.2, 0.25) is 0 Å². The molecule has 2 atom stereocenters. The summed E-state index contributed by atoms with van der Waals surface area (Å²) in [5.41, 5.74) is 1.03. The Labute approximate surface area is 141 Å². The van der Waals surface area contributed by atoms with Crippen molar-refractivity contribution >= 4 is 27.5 Å². The third kappa shape index (κ3) is 4.99. The lowest BCUT2D eigenvalue weighted by atomic mass is 10.2. The molecular weight excluding hydrogens is 310 g/mol. The molecule has 1 aromatic carbocycles. The van der Waals surface area contributed by atoms with Crippen LogP contribution in [0.25, 0.3) is 10.2 Å². The van der Waals surface area contributed by atoms with E-state index in [-0.39, 0.29) is 17.9 Å². The quantitative estimate of drug-likeness (QED) is 0.805. The van der Waals surface area contributed by atoms with Crippen LogP contribution in [0, 0.1) is 0 Å². The Morgan fingerprint density at radius 1 is 1.39 bits per heavy atom. The molecule has 23 heavy (non-hydrogen) atoms. The first-order valence-electron chi connectivity index (χ1n) is 7.82. The van der Waals surface area contributed by atoms with Gasteiger partial charge < -0.3 is 10.1 Å². The van der Waals surface area contributed by atoms with Crippen molar-refractivity contribution in [1.29, 1.82) is 0 Å². The van der Waals surface area contributed by atoms with Crippen molar-refractivity contribution in [2.45, 2.75) is 25.8 Å². The summed E-state index contributed by atoms with van der Waals surface area (Å²) in [6.45, 7) is 5.73. The molecule has 2 rings (SSSR count). The Balaban J connectivity index is 1.83. The van der Waals surface area contributed by atoms with Crippen molar-refractivity contribution in [3.8, 4) is 0 Å². The summed E-state index contributed by atoms with van der Waals surface area (Å²) in [4.78, 5) is 18.7. The summed E-state index contributed by atoms with van der Waals surface area (Å²) in [7, 11) is 3.60. The second-order valence-corrected chi connectivity index (χ2v) is 7.01. The smallest absolute Gasteiger partial charge is 0.234 e. The molecule has 0 saturated heterocycles. The molecule has 0 spiro atoms. The van der Waals surface area contributed by atoms with Crippen LogP contribution in [0.15, 0.2) is 24.3 Å². The van der Waals surface area contributed by atoms with Crippen molar-refractivity contribution in [3.63, 3.8) is 0 Å². The Morgan fingerprint density at radius 3 is 2.83 bits per heavy atom. The van der Waals surface area contributed by atoms with E-state index in [0.717, 1.165) is 10.5 Å². The number of ether oxygens (including phenoxy) is 1. The minimum absolute atomic E-state index is 0.0309. The minimum Gasteiger partial charge on any atom is -0.383 e. The lowest BCUT2D eigenvalue weighted by Gasteiger charge is -2.23. The fraction of sp³-hybridized carbons (Fsp3) is 0.529. The zero-order valence-electron chi connectivity index (χ0n) is 14.2. The van der Waals surface area contributed by atoms with E-state index in [1.54, 1.807) is 18.4 Å². The highest BCUT2D eigenvalue weighted by atomic mass is 32.1. The number of nitrogens with zero attached hydrogens (tertiary/aromatic N) is 2. The molecule has 0 saturated carbocycles. The van der Waals surface area contributed by atoms with E-state index in [1.165, 1.54) is 4.70 Å². The van der Waals surface area contributed by atoms with Crippen molar-refractivity contribution in [1.82, 2.24) is 15.2 Å². The average molecular weight is 335 g/mol. The van der Waals surface area contributed by atoms with Crippen molar-refractivity contribution in [2.75, 3.05) is 33.9 Å². The SMILES string of the molecule is COC[C@@H](C)N(C)CC(=O)NC[C@@H](C)c1nc2ccccc2s1. The third-order valence-corrected chi connectivity index (χ3v) is 5.16. The van der Waals surface area contributed by atoms with Gasteiger partial charge in [-0.25, -0.2) is 4.98 Å². The third-order valence-electron chi connectivity index (χ3n) is 3.89. The highest BCUT2D eigenvalue weighted by Crippen LogP contribution is 2.26. The van der Waals surface area contributed by atoms with Crippen LogP contribution in [0.3, 0.4) is 0 Å². The predicted octanol–water partition coefficient (Wildman–Crippen LogP) is 2.48. The van der Waals surface area contributed by atoms with Crippen LogP contribution >= 0.6 is 11.3 Å². The Morgan fingerprint density at radius 2 is 2.13 bits per heavy atom. The van der Waals surface area contributed by atoms with Gasteiger partial charge in [0.1, 0.15) is 0 Å². The lowest BCUT2D eigenvalue weighted by Crippen LogP contribution is -2.41. The van der Waals surface area contributed by atoms with E-state index in [9.17, 15) is 4.79 Å². The molecule has 0 fully saturated rings. The molecule has 5 nitrogen and oxygen atoms in total. The second-order valence-electron chi connectivity index (χ2n) is 5.94. The number of fused-ring (bicyclic) bond motifs is 1. The van der Waals surface area contributed by atoms with E-state index in [2.05, 4.69) is 23.3 Å². The van der Waals surface area contributed by atoms with Crippen molar-refractivity contribution in [3.05, 3.63) is 29.3 Å². The number of likely N-dealkylation sites (N-methyl/N-ethyl adjacent to an activating group) is 1. The molecule has 1 amide bonds. The molecule has 0 aliphatic rings. The Kier molecular flexibility index (Phi) is 6.50. The first kappa shape index (κ1) is 17.8. The van der Waals surface area contributed by atoms with Crippen molar-refractivity contribution < 1.29 is 9.53 Å². The summed E-state index contributed by atoms with van der Waals surface area (Å²) < 4.78 is 6.30. The number of rotatable bonds is 8. The second kappa shape index (κ2) is 8.38. The average Bonchev–Trinajstić information content (AvgIpc) is 2.96. The molecule has 0 aliphatic heterocycles. The van der Waals surface area contributed by atoms with Gasteiger partial charge in [-0.15, -0.1) is 11.3 Å². The van der Waals surface area contributed by atoms with Gasteiger partial charge in [0.25, 0.3) is 0 Å². The summed E-state index contributed by atoms with van der Waals surface area (Å²) in [5, 5.41) is 4.06. The number of methoxy groups -OCH3 is 1. The largest absolute Gasteiger partial charge is 0.383 e. The monoisotopic (exact) mass is 335 g/mol. The van der Waals surface area contributed by atoms with Crippen LogP contribution in [-0.2, 0) is 9.53 Å². The molecule has 126 valence electrons. The number of nitrogens with one attached hydrogen (secondary N) is 1. The molecule has 0 bridgehead atoms. The molecule has 1 heterocycles. The molecule has 0 radical (unpaired) electrons. The molecule has 0 aliphatic carbocycles. The number of amides is 1. The molecule has 2 aromatic rings. The van der Waals surface area contributed by atoms with Crippen LogP contribution < -0.4 is 5.32 Å². The number of aromatic nitrogens is 1. The first-order chi connectivity index (χ1) is 11.0. The summed E-state index contributed by atoms with van der Waals surface area (Å²) in [6.07, 6.45) is 0. The van der Waals surface area contributed by atoms with Gasteiger partial charge in [-0.3, -0.25) is 9.69 Å². The van der Waals surface area contributed by atoms with Crippen molar-refractivity contribution in [2.24, 2.45) is 0 Å². The number of thiazole rings is 1. The summed E-state index contributed by atoms with van der Waals surface area (Å²) >= 11 is 1.69. The number of carbonyl (C=O) groups excluding carboxylic acids is 1. The predicted molar refractivity (Wildman–Crippen MR) is 95.0 cm³/mol. The van der Waals surface area contributed by atoms with Gasteiger partial charge in [0.2, 0.25) is 5.91 Å². The van der Waals surface area contributed by atoms with Gasteiger partial charge in [0.05, 0.1) is 28.4 Å². The van der Waals surface area contributed by atoms with Gasteiger partial charge in [-0.1, -0.05) is 19.1 Å².